The molecule has 5 heteroatoms. The van der Waals surface area contributed by atoms with Crippen molar-refractivity contribution in [1.82, 2.24) is 5.32 Å². The Balaban J connectivity index is 1.55. The van der Waals surface area contributed by atoms with E-state index in [1.807, 2.05) is 24.3 Å². The second kappa shape index (κ2) is 7.94. The molecule has 1 N–H and O–H groups in total. The number of hydrogen-bond acceptors (Lipinski definition) is 3. The Bertz CT molecular complexity index is 760. The van der Waals surface area contributed by atoms with Gasteiger partial charge in [0.15, 0.2) is 0 Å². The normalized spacial score (nSPS) is 21.1. The number of benzene rings is 1. The second-order valence-corrected chi connectivity index (χ2v) is 9.23. The summed E-state index contributed by atoms with van der Waals surface area (Å²) >= 11 is 7.86. The first-order chi connectivity index (χ1) is 13.1. The lowest BCUT2D eigenvalue weighted by Crippen LogP contribution is -2.49. The second-order valence-electron chi connectivity index (χ2n) is 7.85. The van der Waals surface area contributed by atoms with Crippen LogP contribution in [0.2, 0.25) is 5.02 Å². The SMILES string of the molecule is O=C(NCC1(c2cccs2)CCOCC1)C1(c2ccc(Cl)cc2)CCCC1. The van der Waals surface area contributed by atoms with Gasteiger partial charge in [-0.25, -0.2) is 0 Å². The van der Waals surface area contributed by atoms with Gasteiger partial charge in [-0.1, -0.05) is 42.6 Å². The van der Waals surface area contributed by atoms with Crippen LogP contribution in [-0.2, 0) is 20.4 Å². The van der Waals surface area contributed by atoms with Crippen LogP contribution in [-0.4, -0.2) is 25.7 Å². The van der Waals surface area contributed by atoms with Crippen molar-refractivity contribution in [1.29, 1.82) is 0 Å². The predicted octanol–water partition coefficient (Wildman–Crippen LogP) is 5.08. The van der Waals surface area contributed by atoms with E-state index >= 15 is 0 Å². The Morgan fingerprint density at radius 2 is 1.78 bits per heavy atom. The van der Waals surface area contributed by atoms with E-state index < -0.39 is 5.41 Å². The number of carbonyl (C=O) groups is 1. The van der Waals surface area contributed by atoms with Gasteiger partial charge in [-0.05, 0) is 54.8 Å². The van der Waals surface area contributed by atoms with Gasteiger partial charge >= 0.3 is 0 Å². The number of carbonyl (C=O) groups excluding carboxylic acids is 1. The third-order valence-corrected chi connectivity index (χ3v) is 7.74. The first-order valence-corrected chi connectivity index (χ1v) is 11.1. The zero-order valence-corrected chi connectivity index (χ0v) is 17.1. The summed E-state index contributed by atoms with van der Waals surface area (Å²) < 4.78 is 5.61. The molecule has 0 spiro atoms. The van der Waals surface area contributed by atoms with Gasteiger partial charge in [-0.2, -0.15) is 0 Å². The number of ether oxygens (including phenoxy) is 1. The van der Waals surface area contributed by atoms with Crippen LogP contribution in [0.15, 0.2) is 41.8 Å². The molecular weight excluding hydrogens is 378 g/mol. The van der Waals surface area contributed by atoms with Gasteiger partial charge in [0.25, 0.3) is 0 Å². The molecule has 1 saturated heterocycles. The molecule has 1 aliphatic carbocycles. The predicted molar refractivity (Wildman–Crippen MR) is 111 cm³/mol. The molecule has 1 saturated carbocycles. The molecule has 2 aliphatic rings. The zero-order chi connectivity index (χ0) is 18.7. The van der Waals surface area contributed by atoms with Crippen molar-refractivity contribution < 1.29 is 9.53 Å². The molecule has 27 heavy (non-hydrogen) atoms. The van der Waals surface area contributed by atoms with E-state index in [2.05, 4.69) is 22.8 Å². The van der Waals surface area contributed by atoms with Crippen molar-refractivity contribution in [3.05, 3.63) is 57.2 Å². The highest BCUT2D eigenvalue weighted by Gasteiger charge is 2.44. The van der Waals surface area contributed by atoms with Crippen LogP contribution in [0.3, 0.4) is 0 Å². The summed E-state index contributed by atoms with van der Waals surface area (Å²) in [5.41, 5.74) is 0.688. The Labute approximate surface area is 170 Å². The molecular formula is C22H26ClNO2S. The number of halogens is 1. The number of rotatable bonds is 5. The number of nitrogens with one attached hydrogen (secondary N) is 1. The molecule has 2 heterocycles. The molecule has 2 fully saturated rings. The van der Waals surface area contributed by atoms with Gasteiger partial charge in [0.1, 0.15) is 0 Å². The Kier molecular flexibility index (Phi) is 5.58. The molecule has 1 aromatic carbocycles. The molecule has 0 bridgehead atoms. The average molecular weight is 404 g/mol. The van der Waals surface area contributed by atoms with Gasteiger partial charge in [0.2, 0.25) is 5.91 Å². The Morgan fingerprint density at radius 3 is 2.41 bits per heavy atom. The van der Waals surface area contributed by atoms with E-state index in [1.165, 1.54) is 4.88 Å². The summed E-state index contributed by atoms with van der Waals surface area (Å²) in [6, 6.07) is 12.1. The Hall–Kier alpha value is -1.36. The number of amides is 1. The minimum Gasteiger partial charge on any atom is -0.381 e. The van der Waals surface area contributed by atoms with Gasteiger partial charge in [0.05, 0.1) is 5.41 Å². The maximum absolute atomic E-state index is 13.4. The molecule has 4 rings (SSSR count). The smallest absolute Gasteiger partial charge is 0.230 e. The van der Waals surface area contributed by atoms with Crippen molar-refractivity contribution in [3.63, 3.8) is 0 Å². The van der Waals surface area contributed by atoms with Crippen molar-refractivity contribution >= 4 is 28.8 Å². The van der Waals surface area contributed by atoms with E-state index in [1.54, 1.807) is 11.3 Å². The van der Waals surface area contributed by atoms with Crippen molar-refractivity contribution in [2.75, 3.05) is 19.8 Å². The van der Waals surface area contributed by atoms with E-state index in [0.29, 0.717) is 11.6 Å². The molecule has 3 nitrogen and oxygen atoms in total. The molecule has 2 aromatic rings. The van der Waals surface area contributed by atoms with E-state index in [9.17, 15) is 4.79 Å². The Morgan fingerprint density at radius 1 is 1.07 bits per heavy atom. The van der Waals surface area contributed by atoms with Crippen molar-refractivity contribution in [2.24, 2.45) is 0 Å². The highest BCUT2D eigenvalue weighted by molar-refractivity contribution is 7.10. The molecule has 0 radical (unpaired) electrons. The molecule has 144 valence electrons. The van der Waals surface area contributed by atoms with Gasteiger partial charge in [0, 0.05) is 35.1 Å². The minimum absolute atomic E-state index is 0.00185. The van der Waals surface area contributed by atoms with Crippen LogP contribution >= 0.6 is 22.9 Å². The number of thiophene rings is 1. The molecule has 1 amide bonds. The summed E-state index contributed by atoms with van der Waals surface area (Å²) in [5, 5.41) is 6.20. The molecule has 1 aliphatic heterocycles. The zero-order valence-electron chi connectivity index (χ0n) is 15.5. The summed E-state index contributed by atoms with van der Waals surface area (Å²) in [6.45, 7) is 2.21. The van der Waals surface area contributed by atoms with Gasteiger partial charge in [-0.15, -0.1) is 11.3 Å². The van der Waals surface area contributed by atoms with Crippen LogP contribution in [0.5, 0.6) is 0 Å². The minimum atomic E-state index is -0.410. The number of hydrogen-bond donors (Lipinski definition) is 1. The molecule has 1 aromatic heterocycles. The largest absolute Gasteiger partial charge is 0.381 e. The van der Waals surface area contributed by atoms with E-state index in [0.717, 1.165) is 57.3 Å². The highest BCUT2D eigenvalue weighted by Crippen LogP contribution is 2.42. The van der Waals surface area contributed by atoms with Crippen LogP contribution in [0.4, 0.5) is 0 Å². The standard InChI is InChI=1S/C22H26ClNO2S/c23-18-7-5-17(6-8-18)22(9-1-2-10-22)20(25)24-16-21(11-13-26-14-12-21)19-4-3-15-27-19/h3-8,15H,1-2,9-14,16H2,(H,24,25). The molecule has 0 unspecified atom stereocenters. The highest BCUT2D eigenvalue weighted by atomic mass is 35.5. The van der Waals surface area contributed by atoms with Crippen LogP contribution in [0.25, 0.3) is 0 Å². The topological polar surface area (TPSA) is 38.3 Å². The quantitative estimate of drug-likeness (QED) is 0.756. The first-order valence-electron chi connectivity index (χ1n) is 9.81. The van der Waals surface area contributed by atoms with Crippen LogP contribution in [0, 0.1) is 0 Å². The summed E-state index contributed by atoms with van der Waals surface area (Å²) in [6.07, 6.45) is 5.94. The first kappa shape index (κ1) is 19.0. The lowest BCUT2D eigenvalue weighted by molar-refractivity contribution is -0.127. The fourth-order valence-corrected chi connectivity index (χ4v) is 5.78. The van der Waals surface area contributed by atoms with Crippen LogP contribution in [0.1, 0.15) is 49.0 Å². The summed E-state index contributed by atoms with van der Waals surface area (Å²) in [5.74, 6) is 0.171. The lowest BCUT2D eigenvalue weighted by atomic mass is 9.76. The third-order valence-electron chi connectivity index (χ3n) is 6.37. The van der Waals surface area contributed by atoms with Gasteiger partial charge < -0.3 is 10.1 Å². The average Bonchev–Trinajstić information content (AvgIpc) is 3.40. The summed E-state index contributed by atoms with van der Waals surface area (Å²) in [4.78, 5) is 14.8. The van der Waals surface area contributed by atoms with Crippen molar-refractivity contribution in [2.45, 2.75) is 49.4 Å². The lowest BCUT2D eigenvalue weighted by Gasteiger charge is -2.38. The third kappa shape index (κ3) is 3.67. The van der Waals surface area contributed by atoms with E-state index in [4.69, 9.17) is 16.3 Å². The summed E-state index contributed by atoms with van der Waals surface area (Å²) in [7, 11) is 0. The maximum atomic E-state index is 13.4. The monoisotopic (exact) mass is 403 g/mol. The van der Waals surface area contributed by atoms with E-state index in [-0.39, 0.29) is 11.3 Å². The fraction of sp³-hybridized carbons (Fsp3) is 0.500. The molecule has 0 atom stereocenters. The van der Waals surface area contributed by atoms with Crippen LogP contribution < -0.4 is 5.32 Å². The maximum Gasteiger partial charge on any atom is 0.230 e. The fourth-order valence-electron chi connectivity index (χ4n) is 4.67. The van der Waals surface area contributed by atoms with Crippen molar-refractivity contribution in [3.8, 4) is 0 Å². The van der Waals surface area contributed by atoms with Gasteiger partial charge in [-0.3, -0.25) is 4.79 Å².